The maximum absolute atomic E-state index is 11.3. The molecule has 1 atom stereocenters. The number of aryl methyl sites for hydroxylation is 1. The average molecular weight is 207 g/mol. The van der Waals surface area contributed by atoms with Crippen LogP contribution in [-0.2, 0) is 9.53 Å². The van der Waals surface area contributed by atoms with E-state index in [9.17, 15) is 4.79 Å². The number of carbonyl (C=O) groups excluding carboxylic acids is 1. The molecular weight excluding hydrogens is 190 g/mol. The van der Waals surface area contributed by atoms with Gasteiger partial charge in [-0.25, -0.2) is 4.79 Å². The second-order valence-electron chi connectivity index (χ2n) is 3.49. The zero-order valence-electron chi connectivity index (χ0n) is 9.41. The lowest BCUT2D eigenvalue weighted by molar-refractivity contribution is -0.143. The SMILES string of the molecule is CCOC(=O)C(C)Nc1cccc(C)c1. The Hall–Kier alpha value is -1.51. The van der Waals surface area contributed by atoms with Gasteiger partial charge in [-0.3, -0.25) is 0 Å². The van der Waals surface area contributed by atoms with Gasteiger partial charge in [-0.2, -0.15) is 0 Å². The molecule has 1 aromatic carbocycles. The summed E-state index contributed by atoms with van der Waals surface area (Å²) in [5.74, 6) is -0.223. The zero-order valence-corrected chi connectivity index (χ0v) is 9.41. The summed E-state index contributed by atoms with van der Waals surface area (Å²) in [5, 5.41) is 3.09. The molecule has 1 aromatic rings. The van der Waals surface area contributed by atoms with Crippen molar-refractivity contribution in [2.75, 3.05) is 11.9 Å². The van der Waals surface area contributed by atoms with Gasteiger partial charge in [0.05, 0.1) is 6.61 Å². The molecule has 0 aromatic heterocycles. The lowest BCUT2D eigenvalue weighted by Crippen LogP contribution is -2.28. The number of carbonyl (C=O) groups is 1. The first kappa shape index (κ1) is 11.6. The van der Waals surface area contributed by atoms with Gasteiger partial charge >= 0.3 is 5.97 Å². The molecule has 0 aliphatic heterocycles. The zero-order chi connectivity index (χ0) is 11.3. The van der Waals surface area contributed by atoms with Gasteiger partial charge < -0.3 is 10.1 Å². The first-order chi connectivity index (χ1) is 7.13. The summed E-state index contributed by atoms with van der Waals surface area (Å²) in [4.78, 5) is 11.3. The van der Waals surface area contributed by atoms with Gasteiger partial charge in [-0.1, -0.05) is 12.1 Å². The van der Waals surface area contributed by atoms with Crippen LogP contribution in [-0.4, -0.2) is 18.6 Å². The third-order valence-corrected chi connectivity index (χ3v) is 2.04. The summed E-state index contributed by atoms with van der Waals surface area (Å²) in [7, 11) is 0. The Kier molecular flexibility index (Phi) is 4.16. The number of hydrogen-bond acceptors (Lipinski definition) is 3. The van der Waals surface area contributed by atoms with Crippen LogP contribution in [0.2, 0.25) is 0 Å². The van der Waals surface area contributed by atoms with Gasteiger partial charge in [0, 0.05) is 5.69 Å². The fourth-order valence-electron chi connectivity index (χ4n) is 1.31. The summed E-state index contributed by atoms with van der Waals surface area (Å²) >= 11 is 0. The van der Waals surface area contributed by atoms with Crippen molar-refractivity contribution in [2.24, 2.45) is 0 Å². The van der Waals surface area contributed by atoms with E-state index in [4.69, 9.17) is 4.74 Å². The Morgan fingerprint density at radius 1 is 1.53 bits per heavy atom. The molecule has 3 heteroatoms. The Morgan fingerprint density at radius 3 is 2.87 bits per heavy atom. The van der Waals surface area contributed by atoms with Gasteiger partial charge in [0.1, 0.15) is 6.04 Å². The molecule has 0 fully saturated rings. The molecule has 0 spiro atoms. The highest BCUT2D eigenvalue weighted by molar-refractivity contribution is 5.78. The Bertz CT molecular complexity index is 336. The summed E-state index contributed by atoms with van der Waals surface area (Å²) in [6, 6.07) is 7.58. The molecule has 0 bridgehead atoms. The number of rotatable bonds is 4. The molecule has 0 heterocycles. The largest absolute Gasteiger partial charge is 0.464 e. The van der Waals surface area contributed by atoms with Crippen LogP contribution in [0.5, 0.6) is 0 Å². The van der Waals surface area contributed by atoms with Gasteiger partial charge in [0.15, 0.2) is 0 Å². The third-order valence-electron chi connectivity index (χ3n) is 2.04. The van der Waals surface area contributed by atoms with Gasteiger partial charge in [-0.05, 0) is 38.5 Å². The van der Waals surface area contributed by atoms with E-state index >= 15 is 0 Å². The highest BCUT2D eigenvalue weighted by atomic mass is 16.5. The number of nitrogens with one attached hydrogen (secondary N) is 1. The first-order valence-electron chi connectivity index (χ1n) is 5.13. The predicted molar refractivity (Wildman–Crippen MR) is 60.9 cm³/mol. The summed E-state index contributed by atoms with van der Waals surface area (Å²) in [6.45, 7) is 6.02. The summed E-state index contributed by atoms with van der Waals surface area (Å²) in [5.41, 5.74) is 2.10. The summed E-state index contributed by atoms with van der Waals surface area (Å²) in [6.07, 6.45) is 0. The molecular formula is C12H17NO2. The minimum absolute atomic E-state index is 0.223. The fourth-order valence-corrected chi connectivity index (χ4v) is 1.31. The Labute approximate surface area is 90.4 Å². The van der Waals surface area contributed by atoms with Crippen LogP contribution in [0.3, 0.4) is 0 Å². The minimum Gasteiger partial charge on any atom is -0.464 e. The van der Waals surface area contributed by atoms with Crippen LogP contribution >= 0.6 is 0 Å². The second kappa shape index (κ2) is 5.39. The van der Waals surface area contributed by atoms with Gasteiger partial charge in [0.25, 0.3) is 0 Å². The number of ether oxygens (including phenoxy) is 1. The maximum atomic E-state index is 11.3. The van der Waals surface area contributed by atoms with Crippen molar-refractivity contribution in [3.63, 3.8) is 0 Å². The molecule has 0 amide bonds. The molecule has 3 nitrogen and oxygen atoms in total. The van der Waals surface area contributed by atoms with E-state index in [1.54, 1.807) is 13.8 Å². The molecule has 0 aliphatic carbocycles. The second-order valence-corrected chi connectivity index (χ2v) is 3.49. The van der Waals surface area contributed by atoms with E-state index in [1.165, 1.54) is 0 Å². The lowest BCUT2D eigenvalue weighted by Gasteiger charge is -2.13. The molecule has 15 heavy (non-hydrogen) atoms. The van der Waals surface area contributed by atoms with E-state index < -0.39 is 0 Å². The molecule has 0 aliphatic rings. The van der Waals surface area contributed by atoms with Crippen molar-refractivity contribution < 1.29 is 9.53 Å². The number of esters is 1. The van der Waals surface area contributed by atoms with E-state index in [1.807, 2.05) is 31.2 Å². The monoisotopic (exact) mass is 207 g/mol. The van der Waals surface area contributed by atoms with Crippen LogP contribution in [0.4, 0.5) is 5.69 Å². The quantitative estimate of drug-likeness (QED) is 0.770. The molecule has 1 unspecified atom stereocenters. The number of benzene rings is 1. The van der Waals surface area contributed by atoms with E-state index in [-0.39, 0.29) is 12.0 Å². The summed E-state index contributed by atoms with van der Waals surface area (Å²) < 4.78 is 4.90. The number of hydrogen-bond donors (Lipinski definition) is 1. The maximum Gasteiger partial charge on any atom is 0.328 e. The molecule has 1 rings (SSSR count). The molecule has 0 saturated heterocycles. The highest BCUT2D eigenvalue weighted by Gasteiger charge is 2.12. The minimum atomic E-state index is -0.313. The van der Waals surface area contributed by atoms with Gasteiger partial charge in [0.2, 0.25) is 0 Å². The predicted octanol–water partition coefficient (Wildman–Crippen LogP) is 2.36. The van der Waals surface area contributed by atoms with Crippen LogP contribution in [0.25, 0.3) is 0 Å². The lowest BCUT2D eigenvalue weighted by atomic mass is 10.2. The standard InChI is InChI=1S/C12H17NO2/c1-4-15-12(14)10(3)13-11-7-5-6-9(2)8-11/h5-8,10,13H,4H2,1-3H3. The highest BCUT2D eigenvalue weighted by Crippen LogP contribution is 2.11. The van der Waals surface area contributed by atoms with Crippen molar-refractivity contribution in [2.45, 2.75) is 26.8 Å². The molecule has 82 valence electrons. The third kappa shape index (κ3) is 3.62. The Balaban J connectivity index is 2.58. The Morgan fingerprint density at radius 2 is 2.27 bits per heavy atom. The van der Waals surface area contributed by atoms with Crippen LogP contribution in [0.1, 0.15) is 19.4 Å². The molecule has 0 radical (unpaired) electrons. The van der Waals surface area contributed by atoms with E-state index in [0.717, 1.165) is 11.3 Å². The van der Waals surface area contributed by atoms with Crippen molar-refractivity contribution in [3.8, 4) is 0 Å². The van der Waals surface area contributed by atoms with E-state index in [0.29, 0.717) is 6.61 Å². The molecule has 1 N–H and O–H groups in total. The van der Waals surface area contributed by atoms with Crippen molar-refractivity contribution in [1.29, 1.82) is 0 Å². The van der Waals surface area contributed by atoms with Crippen LogP contribution < -0.4 is 5.32 Å². The normalized spacial score (nSPS) is 11.9. The first-order valence-corrected chi connectivity index (χ1v) is 5.13. The van der Waals surface area contributed by atoms with E-state index in [2.05, 4.69) is 5.32 Å². The van der Waals surface area contributed by atoms with Crippen LogP contribution in [0.15, 0.2) is 24.3 Å². The van der Waals surface area contributed by atoms with Crippen molar-refractivity contribution in [3.05, 3.63) is 29.8 Å². The van der Waals surface area contributed by atoms with Crippen molar-refractivity contribution >= 4 is 11.7 Å². The smallest absolute Gasteiger partial charge is 0.328 e. The van der Waals surface area contributed by atoms with Crippen molar-refractivity contribution in [1.82, 2.24) is 0 Å². The number of anilines is 1. The topological polar surface area (TPSA) is 38.3 Å². The molecule has 0 saturated carbocycles. The average Bonchev–Trinajstić information content (AvgIpc) is 2.18. The van der Waals surface area contributed by atoms with Gasteiger partial charge in [-0.15, -0.1) is 0 Å². The fraction of sp³-hybridized carbons (Fsp3) is 0.417. The van der Waals surface area contributed by atoms with Crippen LogP contribution in [0, 0.1) is 6.92 Å².